The van der Waals surface area contributed by atoms with Crippen LogP contribution in [0.1, 0.15) is 31.7 Å². The molecule has 2 aromatic carbocycles. The van der Waals surface area contributed by atoms with Crippen molar-refractivity contribution in [3.63, 3.8) is 0 Å². The Morgan fingerprint density at radius 2 is 1.72 bits per heavy atom. The molecule has 3 rings (SSSR count). The molecule has 1 amide bonds. The molecule has 0 aliphatic carbocycles. The summed E-state index contributed by atoms with van der Waals surface area (Å²) in [6, 6.07) is 13.5. The number of nitrogens with one attached hydrogen (secondary N) is 1. The smallest absolute Gasteiger partial charge is 0.261 e. The lowest BCUT2D eigenvalue weighted by Gasteiger charge is -2.29. The lowest BCUT2D eigenvalue weighted by atomic mass is 10.1. The Kier molecular flexibility index (Phi) is 7.47. The number of amides is 1. The van der Waals surface area contributed by atoms with Crippen LogP contribution < -0.4 is 14.8 Å². The normalized spacial score (nSPS) is 16.2. The molecule has 0 aromatic heterocycles. The second-order valence-corrected chi connectivity index (χ2v) is 7.45. The van der Waals surface area contributed by atoms with Gasteiger partial charge in [-0.1, -0.05) is 19.1 Å². The highest BCUT2D eigenvalue weighted by molar-refractivity contribution is 5.81. The average Bonchev–Trinajstić information content (AvgIpc) is 2.74. The van der Waals surface area contributed by atoms with Crippen LogP contribution in [0.25, 0.3) is 0 Å². The van der Waals surface area contributed by atoms with Gasteiger partial charge in [0.15, 0.2) is 6.10 Å². The van der Waals surface area contributed by atoms with Crippen LogP contribution in [-0.2, 0) is 11.3 Å². The molecule has 1 unspecified atom stereocenters. The van der Waals surface area contributed by atoms with Gasteiger partial charge in [-0.3, -0.25) is 4.79 Å². The molecule has 0 radical (unpaired) electrons. The van der Waals surface area contributed by atoms with Crippen molar-refractivity contribution in [3.8, 4) is 11.5 Å². The van der Waals surface area contributed by atoms with Crippen molar-refractivity contribution >= 4 is 5.91 Å². The molecule has 1 saturated heterocycles. The molecule has 1 heterocycles. The van der Waals surface area contributed by atoms with Crippen molar-refractivity contribution in [2.75, 3.05) is 20.1 Å². The Labute approximate surface area is 171 Å². The minimum atomic E-state index is -0.618. The number of rotatable bonds is 8. The van der Waals surface area contributed by atoms with Gasteiger partial charge < -0.3 is 19.7 Å². The molecular formula is C23H29FN2O3. The SMILES string of the molecule is CCC(Oc1ccc(F)cc1)C(=O)NCc1ccc(OC2CCN(C)CC2)cc1. The first kappa shape index (κ1) is 21.1. The van der Waals surface area contributed by atoms with E-state index in [4.69, 9.17) is 9.47 Å². The molecule has 1 aliphatic heterocycles. The van der Waals surface area contributed by atoms with Gasteiger partial charge in [-0.25, -0.2) is 4.39 Å². The summed E-state index contributed by atoms with van der Waals surface area (Å²) in [5.74, 6) is 0.811. The predicted octanol–water partition coefficient (Wildman–Crippen LogP) is 3.77. The maximum Gasteiger partial charge on any atom is 0.261 e. The second kappa shape index (κ2) is 10.3. The lowest BCUT2D eigenvalue weighted by molar-refractivity contribution is -0.128. The summed E-state index contributed by atoms with van der Waals surface area (Å²) in [5, 5.41) is 2.90. The Morgan fingerprint density at radius 3 is 2.34 bits per heavy atom. The first-order valence-corrected chi connectivity index (χ1v) is 10.2. The van der Waals surface area contributed by atoms with Gasteiger partial charge in [0.2, 0.25) is 0 Å². The Balaban J connectivity index is 1.46. The number of halogens is 1. The largest absolute Gasteiger partial charge is 0.490 e. The molecule has 156 valence electrons. The number of likely N-dealkylation sites (tertiary alicyclic amines) is 1. The van der Waals surface area contributed by atoms with Gasteiger partial charge in [0, 0.05) is 19.6 Å². The number of ether oxygens (including phenoxy) is 2. The summed E-state index contributed by atoms with van der Waals surface area (Å²) in [4.78, 5) is 14.8. The third-order valence-electron chi connectivity index (χ3n) is 5.11. The molecular weight excluding hydrogens is 371 g/mol. The van der Waals surface area contributed by atoms with Gasteiger partial charge in [-0.15, -0.1) is 0 Å². The first-order valence-electron chi connectivity index (χ1n) is 10.2. The minimum Gasteiger partial charge on any atom is -0.490 e. The molecule has 0 bridgehead atoms. The van der Waals surface area contributed by atoms with Gasteiger partial charge in [0.05, 0.1) is 0 Å². The Morgan fingerprint density at radius 1 is 1.10 bits per heavy atom. The zero-order valence-electron chi connectivity index (χ0n) is 17.1. The highest BCUT2D eigenvalue weighted by Gasteiger charge is 2.19. The average molecular weight is 400 g/mol. The van der Waals surface area contributed by atoms with Crippen molar-refractivity contribution in [2.45, 2.75) is 44.9 Å². The molecule has 0 saturated carbocycles. The van der Waals surface area contributed by atoms with E-state index in [0.29, 0.717) is 18.7 Å². The quantitative estimate of drug-likeness (QED) is 0.733. The summed E-state index contributed by atoms with van der Waals surface area (Å²) in [6.07, 6.45) is 2.26. The molecule has 1 aliphatic rings. The van der Waals surface area contributed by atoms with Crippen LogP contribution in [0.3, 0.4) is 0 Å². The van der Waals surface area contributed by atoms with E-state index in [1.807, 2.05) is 31.2 Å². The van der Waals surface area contributed by atoms with Crippen molar-refractivity contribution in [2.24, 2.45) is 0 Å². The van der Waals surface area contributed by atoms with Crippen LogP contribution in [0.2, 0.25) is 0 Å². The van der Waals surface area contributed by atoms with E-state index in [1.54, 1.807) is 0 Å². The van der Waals surface area contributed by atoms with Gasteiger partial charge in [-0.05, 0) is 68.3 Å². The van der Waals surface area contributed by atoms with E-state index in [1.165, 1.54) is 24.3 Å². The van der Waals surface area contributed by atoms with Gasteiger partial charge in [0.25, 0.3) is 5.91 Å². The number of nitrogens with zero attached hydrogens (tertiary/aromatic N) is 1. The van der Waals surface area contributed by atoms with Crippen LogP contribution in [0.15, 0.2) is 48.5 Å². The molecule has 2 aromatic rings. The minimum absolute atomic E-state index is 0.191. The fraction of sp³-hybridized carbons (Fsp3) is 0.435. The summed E-state index contributed by atoms with van der Waals surface area (Å²) in [7, 11) is 2.13. The van der Waals surface area contributed by atoms with Gasteiger partial charge in [0.1, 0.15) is 23.4 Å². The highest BCUT2D eigenvalue weighted by Crippen LogP contribution is 2.19. The topological polar surface area (TPSA) is 50.8 Å². The van der Waals surface area contributed by atoms with E-state index in [9.17, 15) is 9.18 Å². The number of hydrogen-bond donors (Lipinski definition) is 1. The van der Waals surface area contributed by atoms with E-state index in [2.05, 4.69) is 17.3 Å². The Hall–Kier alpha value is -2.60. The molecule has 1 atom stereocenters. The van der Waals surface area contributed by atoms with E-state index < -0.39 is 6.10 Å². The molecule has 5 nitrogen and oxygen atoms in total. The van der Waals surface area contributed by atoms with E-state index in [0.717, 1.165) is 37.2 Å². The third-order valence-corrected chi connectivity index (χ3v) is 5.11. The number of carbonyl (C=O) groups excluding carboxylic acids is 1. The lowest BCUT2D eigenvalue weighted by Crippen LogP contribution is -2.37. The fourth-order valence-corrected chi connectivity index (χ4v) is 3.28. The monoisotopic (exact) mass is 400 g/mol. The van der Waals surface area contributed by atoms with Crippen molar-refractivity contribution in [1.82, 2.24) is 10.2 Å². The standard InChI is InChI=1S/C23H29FN2O3/c1-3-22(29-20-10-6-18(24)7-11-20)23(27)25-16-17-4-8-19(9-5-17)28-21-12-14-26(2)15-13-21/h4-11,21-22H,3,12-16H2,1-2H3,(H,25,27). The van der Waals surface area contributed by atoms with Crippen LogP contribution in [0.4, 0.5) is 4.39 Å². The van der Waals surface area contributed by atoms with Crippen molar-refractivity contribution in [3.05, 3.63) is 59.9 Å². The van der Waals surface area contributed by atoms with Crippen molar-refractivity contribution in [1.29, 1.82) is 0 Å². The number of benzene rings is 2. The first-order chi connectivity index (χ1) is 14.0. The van der Waals surface area contributed by atoms with E-state index in [-0.39, 0.29) is 17.8 Å². The van der Waals surface area contributed by atoms with Crippen LogP contribution in [0, 0.1) is 5.82 Å². The predicted molar refractivity (Wildman–Crippen MR) is 111 cm³/mol. The van der Waals surface area contributed by atoms with Crippen LogP contribution in [0.5, 0.6) is 11.5 Å². The van der Waals surface area contributed by atoms with Crippen LogP contribution in [-0.4, -0.2) is 43.2 Å². The second-order valence-electron chi connectivity index (χ2n) is 7.45. The fourth-order valence-electron chi connectivity index (χ4n) is 3.28. The Bertz CT molecular complexity index is 772. The van der Waals surface area contributed by atoms with Crippen molar-refractivity contribution < 1.29 is 18.7 Å². The molecule has 1 fully saturated rings. The van der Waals surface area contributed by atoms with Gasteiger partial charge in [-0.2, -0.15) is 0 Å². The molecule has 6 heteroatoms. The zero-order valence-corrected chi connectivity index (χ0v) is 17.1. The molecule has 1 N–H and O–H groups in total. The van der Waals surface area contributed by atoms with E-state index >= 15 is 0 Å². The molecule has 0 spiro atoms. The summed E-state index contributed by atoms with van der Waals surface area (Å²) in [6.45, 7) is 4.42. The number of hydrogen-bond acceptors (Lipinski definition) is 4. The summed E-state index contributed by atoms with van der Waals surface area (Å²) in [5.41, 5.74) is 0.991. The number of carbonyl (C=O) groups is 1. The maximum atomic E-state index is 13.0. The maximum absolute atomic E-state index is 13.0. The van der Waals surface area contributed by atoms with Gasteiger partial charge >= 0.3 is 0 Å². The third kappa shape index (κ3) is 6.46. The molecule has 29 heavy (non-hydrogen) atoms. The van der Waals surface area contributed by atoms with Crippen LogP contribution >= 0.6 is 0 Å². The highest BCUT2D eigenvalue weighted by atomic mass is 19.1. The summed E-state index contributed by atoms with van der Waals surface area (Å²) >= 11 is 0. The zero-order chi connectivity index (χ0) is 20.6. The summed E-state index contributed by atoms with van der Waals surface area (Å²) < 4.78 is 24.7. The number of piperidine rings is 1.